The predicted molar refractivity (Wildman–Crippen MR) is 60.3 cm³/mol. The molecule has 2 amide bonds. The van der Waals surface area contributed by atoms with Crippen LogP contribution in [0.4, 0.5) is 10.5 Å². The maximum absolute atomic E-state index is 11.4. The molecule has 0 radical (unpaired) electrons. The zero-order valence-corrected chi connectivity index (χ0v) is 9.28. The summed E-state index contributed by atoms with van der Waals surface area (Å²) >= 11 is 0. The van der Waals surface area contributed by atoms with Crippen molar-refractivity contribution >= 4 is 11.7 Å². The van der Waals surface area contributed by atoms with Crippen LogP contribution in [-0.4, -0.2) is 31.6 Å². The molecule has 0 saturated heterocycles. The van der Waals surface area contributed by atoms with Gasteiger partial charge in [-0.1, -0.05) is 6.07 Å². The van der Waals surface area contributed by atoms with Gasteiger partial charge >= 0.3 is 6.03 Å². The molecule has 0 saturated carbocycles. The van der Waals surface area contributed by atoms with E-state index in [-0.39, 0.29) is 6.03 Å². The number of rotatable bonds is 3. The normalized spacial score (nSPS) is 9.53. The second-order valence-electron chi connectivity index (χ2n) is 3.29. The van der Waals surface area contributed by atoms with Crippen molar-refractivity contribution in [3.8, 4) is 5.75 Å². The van der Waals surface area contributed by atoms with E-state index in [0.717, 1.165) is 11.4 Å². The Morgan fingerprint density at radius 3 is 2.80 bits per heavy atom. The lowest BCUT2D eigenvalue weighted by molar-refractivity contribution is 0.230. The molecule has 0 atom stereocenters. The smallest absolute Gasteiger partial charge is 0.321 e. The van der Waals surface area contributed by atoms with Gasteiger partial charge in [0.15, 0.2) is 0 Å². The van der Waals surface area contributed by atoms with E-state index in [1.165, 1.54) is 4.90 Å². The summed E-state index contributed by atoms with van der Waals surface area (Å²) in [6, 6.07) is 7.17. The van der Waals surface area contributed by atoms with Gasteiger partial charge in [-0.3, -0.25) is 0 Å². The van der Waals surface area contributed by atoms with Gasteiger partial charge in [-0.25, -0.2) is 4.79 Å². The number of hydrogen-bond donors (Lipinski definition) is 1. The minimum absolute atomic E-state index is 0.149. The first-order valence-corrected chi connectivity index (χ1v) is 4.84. The number of benzene rings is 1. The number of urea groups is 1. The molecule has 1 aromatic carbocycles. The van der Waals surface area contributed by atoms with E-state index in [2.05, 4.69) is 5.32 Å². The zero-order chi connectivity index (χ0) is 11.3. The van der Waals surface area contributed by atoms with Crippen LogP contribution in [0.1, 0.15) is 6.92 Å². The molecule has 0 spiro atoms. The number of carbonyl (C=O) groups excluding carboxylic acids is 1. The summed E-state index contributed by atoms with van der Waals surface area (Å²) < 4.78 is 5.32. The minimum atomic E-state index is -0.149. The Bertz CT molecular complexity index is 337. The number of nitrogens with one attached hydrogen (secondary N) is 1. The fourth-order valence-corrected chi connectivity index (χ4v) is 1.07. The SMILES string of the molecule is CCOc1cccc(NC(=O)N(C)C)c1. The van der Waals surface area contributed by atoms with Gasteiger partial charge < -0.3 is 15.0 Å². The van der Waals surface area contributed by atoms with Gasteiger partial charge in [-0.15, -0.1) is 0 Å². The molecule has 1 rings (SSSR count). The van der Waals surface area contributed by atoms with Gasteiger partial charge in [-0.05, 0) is 19.1 Å². The lowest BCUT2D eigenvalue weighted by Crippen LogP contribution is -2.27. The van der Waals surface area contributed by atoms with Crippen molar-refractivity contribution in [1.29, 1.82) is 0 Å². The maximum atomic E-state index is 11.4. The molecule has 0 aliphatic heterocycles. The summed E-state index contributed by atoms with van der Waals surface area (Å²) in [6.07, 6.45) is 0. The van der Waals surface area contributed by atoms with E-state index in [4.69, 9.17) is 4.74 Å². The summed E-state index contributed by atoms with van der Waals surface area (Å²) in [5.74, 6) is 0.758. The molecule has 4 heteroatoms. The zero-order valence-electron chi connectivity index (χ0n) is 9.28. The standard InChI is InChI=1S/C11H16N2O2/c1-4-15-10-7-5-6-9(8-10)12-11(14)13(2)3/h5-8H,4H2,1-3H3,(H,12,14). The first-order valence-electron chi connectivity index (χ1n) is 4.84. The van der Waals surface area contributed by atoms with E-state index in [9.17, 15) is 4.79 Å². The molecule has 1 N–H and O–H groups in total. The third-order valence-corrected chi connectivity index (χ3v) is 1.80. The van der Waals surface area contributed by atoms with Crippen LogP contribution in [0.5, 0.6) is 5.75 Å². The molecule has 0 heterocycles. The Morgan fingerprint density at radius 2 is 2.20 bits per heavy atom. The molecule has 4 nitrogen and oxygen atoms in total. The van der Waals surface area contributed by atoms with Crippen LogP contribution in [0.25, 0.3) is 0 Å². The molecule has 15 heavy (non-hydrogen) atoms. The predicted octanol–water partition coefficient (Wildman–Crippen LogP) is 2.18. The molecular weight excluding hydrogens is 192 g/mol. The van der Waals surface area contributed by atoms with Crippen LogP contribution in [0.15, 0.2) is 24.3 Å². The van der Waals surface area contributed by atoms with Crippen LogP contribution in [0, 0.1) is 0 Å². The average molecular weight is 208 g/mol. The molecule has 0 fully saturated rings. The first kappa shape index (κ1) is 11.4. The highest BCUT2D eigenvalue weighted by molar-refractivity contribution is 5.89. The fourth-order valence-electron chi connectivity index (χ4n) is 1.07. The molecule has 0 bridgehead atoms. The lowest BCUT2D eigenvalue weighted by atomic mass is 10.3. The fraction of sp³-hybridized carbons (Fsp3) is 0.364. The molecule has 0 aliphatic carbocycles. The summed E-state index contributed by atoms with van der Waals surface area (Å²) in [6.45, 7) is 2.54. The van der Waals surface area contributed by atoms with Crippen LogP contribution < -0.4 is 10.1 Å². The van der Waals surface area contributed by atoms with E-state index in [1.54, 1.807) is 20.2 Å². The molecule has 82 valence electrons. The largest absolute Gasteiger partial charge is 0.494 e. The Kier molecular flexibility index (Phi) is 3.97. The van der Waals surface area contributed by atoms with Gasteiger partial charge in [0, 0.05) is 25.8 Å². The van der Waals surface area contributed by atoms with Gasteiger partial charge in [0.25, 0.3) is 0 Å². The molecule has 1 aromatic rings. The minimum Gasteiger partial charge on any atom is -0.494 e. The number of nitrogens with zero attached hydrogens (tertiary/aromatic N) is 1. The summed E-state index contributed by atoms with van der Waals surface area (Å²) in [5, 5.41) is 2.75. The van der Waals surface area contributed by atoms with Crippen molar-refractivity contribution in [1.82, 2.24) is 4.90 Å². The van der Waals surface area contributed by atoms with Gasteiger partial charge in [-0.2, -0.15) is 0 Å². The first-order chi connectivity index (χ1) is 7.13. The number of carbonyl (C=O) groups is 1. The summed E-state index contributed by atoms with van der Waals surface area (Å²) in [4.78, 5) is 12.8. The lowest BCUT2D eigenvalue weighted by Gasteiger charge is -2.12. The van der Waals surface area contributed by atoms with E-state index in [1.807, 2.05) is 25.1 Å². The highest BCUT2D eigenvalue weighted by Crippen LogP contribution is 2.17. The number of ether oxygens (including phenoxy) is 1. The Labute approximate surface area is 89.8 Å². The van der Waals surface area contributed by atoms with Crippen molar-refractivity contribution in [2.75, 3.05) is 26.0 Å². The number of anilines is 1. The second kappa shape index (κ2) is 5.24. The maximum Gasteiger partial charge on any atom is 0.321 e. The summed E-state index contributed by atoms with van der Waals surface area (Å²) in [7, 11) is 3.39. The highest BCUT2D eigenvalue weighted by Gasteiger charge is 2.03. The van der Waals surface area contributed by atoms with Crippen molar-refractivity contribution in [3.05, 3.63) is 24.3 Å². The average Bonchev–Trinajstić information content (AvgIpc) is 2.18. The van der Waals surface area contributed by atoms with Gasteiger partial charge in [0.1, 0.15) is 5.75 Å². The third kappa shape index (κ3) is 3.50. The Morgan fingerprint density at radius 1 is 1.47 bits per heavy atom. The summed E-state index contributed by atoms with van der Waals surface area (Å²) in [5.41, 5.74) is 0.736. The Balaban J connectivity index is 2.69. The van der Waals surface area contributed by atoms with E-state index < -0.39 is 0 Å². The quantitative estimate of drug-likeness (QED) is 0.827. The van der Waals surface area contributed by atoms with E-state index >= 15 is 0 Å². The monoisotopic (exact) mass is 208 g/mol. The highest BCUT2D eigenvalue weighted by atomic mass is 16.5. The van der Waals surface area contributed by atoms with E-state index in [0.29, 0.717) is 6.61 Å². The van der Waals surface area contributed by atoms with Crippen molar-refractivity contribution < 1.29 is 9.53 Å². The van der Waals surface area contributed by atoms with Crippen LogP contribution in [0.3, 0.4) is 0 Å². The van der Waals surface area contributed by atoms with Gasteiger partial charge in [0.2, 0.25) is 0 Å². The molecule has 0 aromatic heterocycles. The second-order valence-corrected chi connectivity index (χ2v) is 3.29. The van der Waals surface area contributed by atoms with Crippen LogP contribution in [-0.2, 0) is 0 Å². The third-order valence-electron chi connectivity index (χ3n) is 1.80. The van der Waals surface area contributed by atoms with Crippen molar-refractivity contribution in [2.45, 2.75) is 6.92 Å². The topological polar surface area (TPSA) is 41.6 Å². The van der Waals surface area contributed by atoms with Crippen LogP contribution in [0.2, 0.25) is 0 Å². The molecule has 0 aliphatic rings. The molecular formula is C11H16N2O2. The van der Waals surface area contributed by atoms with Crippen LogP contribution >= 0.6 is 0 Å². The number of hydrogen-bond acceptors (Lipinski definition) is 2. The molecule has 0 unspecified atom stereocenters. The van der Waals surface area contributed by atoms with Crippen molar-refractivity contribution in [2.24, 2.45) is 0 Å². The van der Waals surface area contributed by atoms with Gasteiger partial charge in [0.05, 0.1) is 6.61 Å². The Hall–Kier alpha value is -1.71. The van der Waals surface area contributed by atoms with Crippen molar-refractivity contribution in [3.63, 3.8) is 0 Å². The number of amides is 2.